The summed E-state index contributed by atoms with van der Waals surface area (Å²) in [5.41, 5.74) is 4.28. The fourth-order valence-electron chi connectivity index (χ4n) is 2.45. The number of nitrogens with zero attached hydrogens (tertiary/aromatic N) is 1. The average Bonchev–Trinajstić information content (AvgIpc) is 2.62. The number of nitrogens with two attached hydrogens (primary N) is 1. The van der Waals surface area contributed by atoms with Gasteiger partial charge in [0.1, 0.15) is 12.4 Å². The number of hydrogen-bond donors (Lipinski definition) is 1. The van der Waals surface area contributed by atoms with E-state index in [9.17, 15) is 0 Å². The minimum atomic E-state index is 0.552. The largest absolute Gasteiger partial charge is 0.489 e. The maximum Gasteiger partial charge on any atom is 0.120 e. The van der Waals surface area contributed by atoms with E-state index in [-0.39, 0.29) is 0 Å². The normalized spacial score (nSPS) is 10.8. The van der Waals surface area contributed by atoms with Crippen LogP contribution < -0.4 is 10.6 Å². The second-order valence-electron chi connectivity index (χ2n) is 5.17. The van der Waals surface area contributed by atoms with E-state index in [0.29, 0.717) is 6.61 Å². The van der Waals surface area contributed by atoms with Gasteiger partial charge in [0.2, 0.25) is 0 Å². The zero-order valence-corrected chi connectivity index (χ0v) is 12.7. The highest BCUT2D eigenvalue weighted by atomic mass is 16.5. The highest BCUT2D eigenvalue weighted by Crippen LogP contribution is 2.26. The first kappa shape index (κ1) is 14.9. The Labute approximate surface area is 136 Å². The molecule has 3 aromatic rings. The summed E-state index contributed by atoms with van der Waals surface area (Å²) in [7, 11) is 0. The molecule has 0 aliphatic carbocycles. The van der Waals surface area contributed by atoms with E-state index in [2.05, 4.69) is 23.3 Å². The minimum Gasteiger partial charge on any atom is -0.489 e. The predicted octanol–water partition coefficient (Wildman–Crippen LogP) is 4.23. The van der Waals surface area contributed by atoms with Gasteiger partial charge in [0.25, 0.3) is 0 Å². The van der Waals surface area contributed by atoms with Crippen molar-refractivity contribution in [1.82, 2.24) is 0 Å². The lowest BCUT2D eigenvalue weighted by Crippen LogP contribution is -1.95. The molecule has 3 rings (SSSR count). The molecule has 0 aliphatic rings. The summed E-state index contributed by atoms with van der Waals surface area (Å²) < 4.78 is 5.90. The lowest BCUT2D eigenvalue weighted by atomic mass is 10.0. The summed E-state index contributed by atoms with van der Waals surface area (Å²) in [4.78, 5) is 0. The van der Waals surface area contributed by atoms with Crippen molar-refractivity contribution in [3.63, 3.8) is 0 Å². The van der Waals surface area contributed by atoms with Crippen molar-refractivity contribution in [2.24, 2.45) is 10.9 Å². The Morgan fingerprint density at radius 1 is 0.870 bits per heavy atom. The predicted molar refractivity (Wildman–Crippen MR) is 94.4 cm³/mol. The number of ether oxygens (including phenoxy) is 1. The highest BCUT2D eigenvalue weighted by Gasteiger charge is 2.04. The van der Waals surface area contributed by atoms with Gasteiger partial charge < -0.3 is 10.6 Å². The van der Waals surface area contributed by atoms with Crippen LogP contribution in [0.5, 0.6) is 5.75 Å². The molecule has 0 radical (unpaired) electrons. The Hall–Kier alpha value is -3.07. The third-order valence-electron chi connectivity index (χ3n) is 3.57. The molecule has 0 aliphatic heterocycles. The van der Waals surface area contributed by atoms with Crippen LogP contribution in [0.4, 0.5) is 0 Å². The Balaban J connectivity index is 1.83. The smallest absolute Gasteiger partial charge is 0.120 e. The molecule has 0 bridgehead atoms. The van der Waals surface area contributed by atoms with Gasteiger partial charge in [-0.2, -0.15) is 5.10 Å². The van der Waals surface area contributed by atoms with Crippen LogP contribution >= 0.6 is 0 Å². The van der Waals surface area contributed by atoms with E-state index >= 15 is 0 Å². The summed E-state index contributed by atoms with van der Waals surface area (Å²) in [5, 5.41) is 3.63. The van der Waals surface area contributed by atoms with Crippen LogP contribution in [0, 0.1) is 0 Å². The molecular formula is C20H18N2O. The van der Waals surface area contributed by atoms with E-state index in [0.717, 1.165) is 28.0 Å². The van der Waals surface area contributed by atoms with Gasteiger partial charge in [-0.15, -0.1) is 0 Å². The SMILES string of the molecule is NN=Cc1ccccc1-c1cccc(OCc2ccccc2)c1. The maximum atomic E-state index is 5.90. The second kappa shape index (κ2) is 7.27. The molecule has 0 saturated carbocycles. The molecule has 3 aromatic carbocycles. The summed E-state index contributed by atoms with van der Waals surface area (Å²) in [6, 6.07) is 26.2. The van der Waals surface area contributed by atoms with Crippen molar-refractivity contribution >= 4 is 6.21 Å². The van der Waals surface area contributed by atoms with Crippen molar-refractivity contribution in [3.05, 3.63) is 90.0 Å². The van der Waals surface area contributed by atoms with Crippen LogP contribution in [0.25, 0.3) is 11.1 Å². The summed E-state index contributed by atoms with van der Waals surface area (Å²) >= 11 is 0. The van der Waals surface area contributed by atoms with Crippen molar-refractivity contribution in [1.29, 1.82) is 0 Å². The molecule has 0 aromatic heterocycles. The van der Waals surface area contributed by atoms with Crippen LogP contribution in [0.1, 0.15) is 11.1 Å². The van der Waals surface area contributed by atoms with Crippen LogP contribution in [0.3, 0.4) is 0 Å². The summed E-state index contributed by atoms with van der Waals surface area (Å²) in [5.74, 6) is 6.13. The Morgan fingerprint density at radius 3 is 2.48 bits per heavy atom. The van der Waals surface area contributed by atoms with Gasteiger partial charge in [-0.05, 0) is 28.8 Å². The molecule has 0 amide bonds. The second-order valence-corrected chi connectivity index (χ2v) is 5.17. The third kappa shape index (κ3) is 3.77. The number of hydrogen-bond acceptors (Lipinski definition) is 3. The molecule has 0 saturated heterocycles. The van der Waals surface area contributed by atoms with Crippen LogP contribution in [-0.2, 0) is 6.61 Å². The van der Waals surface area contributed by atoms with E-state index in [1.54, 1.807) is 6.21 Å². The lowest BCUT2D eigenvalue weighted by molar-refractivity contribution is 0.306. The highest BCUT2D eigenvalue weighted by molar-refractivity contribution is 5.90. The fraction of sp³-hybridized carbons (Fsp3) is 0.0500. The fourth-order valence-corrected chi connectivity index (χ4v) is 2.45. The summed E-state index contributed by atoms with van der Waals surface area (Å²) in [6.07, 6.45) is 1.66. The first-order valence-electron chi connectivity index (χ1n) is 7.46. The Morgan fingerprint density at radius 2 is 1.65 bits per heavy atom. The van der Waals surface area contributed by atoms with E-state index in [4.69, 9.17) is 10.6 Å². The third-order valence-corrected chi connectivity index (χ3v) is 3.57. The first-order valence-corrected chi connectivity index (χ1v) is 7.46. The Kier molecular flexibility index (Phi) is 4.69. The van der Waals surface area contributed by atoms with Gasteiger partial charge in [0, 0.05) is 5.56 Å². The molecular weight excluding hydrogens is 284 g/mol. The van der Waals surface area contributed by atoms with Crippen molar-refractivity contribution in [2.45, 2.75) is 6.61 Å². The zero-order chi connectivity index (χ0) is 15.9. The van der Waals surface area contributed by atoms with Crippen LogP contribution in [0.15, 0.2) is 84.0 Å². The zero-order valence-electron chi connectivity index (χ0n) is 12.7. The lowest BCUT2D eigenvalue weighted by Gasteiger charge is -2.10. The van der Waals surface area contributed by atoms with Gasteiger partial charge in [0.05, 0.1) is 6.21 Å². The van der Waals surface area contributed by atoms with Crippen LogP contribution in [-0.4, -0.2) is 6.21 Å². The molecule has 0 unspecified atom stereocenters. The molecule has 114 valence electrons. The number of hydrazone groups is 1. The molecule has 0 fully saturated rings. The number of rotatable bonds is 5. The Bertz CT molecular complexity index is 798. The van der Waals surface area contributed by atoms with Gasteiger partial charge in [-0.3, -0.25) is 0 Å². The van der Waals surface area contributed by atoms with E-state index in [1.165, 1.54) is 0 Å². The average molecular weight is 302 g/mol. The van der Waals surface area contributed by atoms with Gasteiger partial charge >= 0.3 is 0 Å². The summed E-state index contributed by atoms with van der Waals surface area (Å²) in [6.45, 7) is 0.552. The molecule has 0 heterocycles. The molecule has 0 atom stereocenters. The van der Waals surface area contributed by atoms with Gasteiger partial charge in [0.15, 0.2) is 0 Å². The topological polar surface area (TPSA) is 47.6 Å². The standard InChI is InChI=1S/C20H18N2O/c21-22-14-18-9-4-5-12-20(18)17-10-6-11-19(13-17)23-15-16-7-2-1-3-8-16/h1-14H,15,21H2. The van der Waals surface area contributed by atoms with Crippen molar-refractivity contribution in [2.75, 3.05) is 0 Å². The van der Waals surface area contributed by atoms with Crippen LogP contribution in [0.2, 0.25) is 0 Å². The van der Waals surface area contributed by atoms with E-state index in [1.807, 2.05) is 60.7 Å². The molecule has 3 nitrogen and oxygen atoms in total. The van der Waals surface area contributed by atoms with E-state index < -0.39 is 0 Å². The monoisotopic (exact) mass is 302 g/mol. The molecule has 2 N–H and O–H groups in total. The molecule has 0 spiro atoms. The number of benzene rings is 3. The maximum absolute atomic E-state index is 5.90. The molecule has 3 heteroatoms. The minimum absolute atomic E-state index is 0.552. The van der Waals surface area contributed by atoms with Gasteiger partial charge in [-0.1, -0.05) is 66.7 Å². The van der Waals surface area contributed by atoms with Crippen molar-refractivity contribution < 1.29 is 4.74 Å². The van der Waals surface area contributed by atoms with Gasteiger partial charge in [-0.25, -0.2) is 0 Å². The first-order chi connectivity index (χ1) is 11.4. The quantitative estimate of drug-likeness (QED) is 0.435. The van der Waals surface area contributed by atoms with Crippen molar-refractivity contribution in [3.8, 4) is 16.9 Å². The molecule has 23 heavy (non-hydrogen) atoms.